The topological polar surface area (TPSA) is 103 Å². The zero-order chi connectivity index (χ0) is 18.8. The minimum atomic E-state index is -0.575. The first kappa shape index (κ1) is 21.4. The molecule has 3 amide bonds. The van der Waals surface area contributed by atoms with Gasteiger partial charge in [0, 0.05) is 12.6 Å². The number of rotatable bonds is 9. The minimum absolute atomic E-state index is 0.0185. The molecule has 0 saturated carbocycles. The second kappa shape index (κ2) is 11.1. The van der Waals surface area contributed by atoms with Crippen molar-refractivity contribution in [3.63, 3.8) is 0 Å². The molecule has 0 aromatic rings. The largest absolute Gasteiger partial charge is 0.394 e. The molecule has 144 valence electrons. The highest BCUT2D eigenvalue weighted by Gasteiger charge is 2.29. The van der Waals surface area contributed by atoms with Crippen molar-refractivity contribution < 1.29 is 19.4 Å². The van der Waals surface area contributed by atoms with Crippen LogP contribution in [0, 0.1) is 0 Å². The zero-order valence-electron chi connectivity index (χ0n) is 15.6. The highest BCUT2D eigenvalue weighted by Crippen LogP contribution is 2.15. The fraction of sp³-hybridized carbons (Fsp3) is 0.765. The van der Waals surface area contributed by atoms with Crippen LogP contribution in [0.4, 0.5) is 4.79 Å². The van der Waals surface area contributed by atoms with Crippen molar-refractivity contribution >= 4 is 11.9 Å². The van der Waals surface area contributed by atoms with Crippen molar-refractivity contribution in [1.29, 1.82) is 0 Å². The van der Waals surface area contributed by atoms with Crippen molar-refractivity contribution in [2.24, 2.45) is 0 Å². The molecule has 0 aromatic heterocycles. The summed E-state index contributed by atoms with van der Waals surface area (Å²) in [7, 11) is 3.98. The number of nitrogens with zero attached hydrogens (tertiary/aromatic N) is 1. The molecule has 3 atom stereocenters. The maximum Gasteiger partial charge on any atom is 0.315 e. The van der Waals surface area contributed by atoms with Gasteiger partial charge < -0.3 is 30.7 Å². The van der Waals surface area contributed by atoms with Crippen LogP contribution in [0.25, 0.3) is 0 Å². The molecule has 0 saturated heterocycles. The van der Waals surface area contributed by atoms with Crippen LogP contribution < -0.4 is 16.0 Å². The Hall–Kier alpha value is -1.64. The molecule has 1 heterocycles. The number of nitrogens with one attached hydrogen (secondary N) is 3. The monoisotopic (exact) mass is 356 g/mol. The van der Waals surface area contributed by atoms with Crippen LogP contribution in [0.1, 0.15) is 26.7 Å². The Balaban J connectivity index is 2.42. The highest BCUT2D eigenvalue weighted by molar-refractivity contribution is 5.77. The molecule has 0 aliphatic carbocycles. The molecular formula is C17H32N4O4. The van der Waals surface area contributed by atoms with Crippen LogP contribution in [-0.2, 0) is 9.53 Å². The Kier molecular flexibility index (Phi) is 9.48. The Labute approximate surface area is 150 Å². The lowest BCUT2D eigenvalue weighted by atomic mass is 10.0. The molecule has 0 radical (unpaired) electrons. The van der Waals surface area contributed by atoms with Gasteiger partial charge in [-0.2, -0.15) is 0 Å². The molecule has 25 heavy (non-hydrogen) atoms. The smallest absolute Gasteiger partial charge is 0.315 e. The van der Waals surface area contributed by atoms with Gasteiger partial charge in [0.15, 0.2) is 0 Å². The van der Waals surface area contributed by atoms with Crippen molar-refractivity contribution in [3.05, 3.63) is 12.2 Å². The Morgan fingerprint density at radius 3 is 2.60 bits per heavy atom. The average molecular weight is 356 g/mol. The molecule has 1 aliphatic heterocycles. The first-order valence-electron chi connectivity index (χ1n) is 8.75. The summed E-state index contributed by atoms with van der Waals surface area (Å²) < 4.78 is 5.72. The number of urea groups is 1. The van der Waals surface area contributed by atoms with E-state index in [-0.39, 0.29) is 31.0 Å². The van der Waals surface area contributed by atoms with Gasteiger partial charge in [0.25, 0.3) is 0 Å². The summed E-state index contributed by atoms with van der Waals surface area (Å²) in [6.07, 6.45) is 3.63. The highest BCUT2D eigenvalue weighted by atomic mass is 16.5. The molecule has 0 aromatic carbocycles. The van der Waals surface area contributed by atoms with E-state index in [0.29, 0.717) is 6.54 Å². The summed E-state index contributed by atoms with van der Waals surface area (Å²) in [5.41, 5.74) is 0. The van der Waals surface area contributed by atoms with E-state index in [1.165, 1.54) is 0 Å². The van der Waals surface area contributed by atoms with Crippen LogP contribution in [0.3, 0.4) is 0 Å². The van der Waals surface area contributed by atoms with Gasteiger partial charge in [-0.15, -0.1) is 0 Å². The van der Waals surface area contributed by atoms with Crippen LogP contribution in [-0.4, -0.2) is 80.0 Å². The fourth-order valence-electron chi connectivity index (χ4n) is 2.47. The second-order valence-corrected chi connectivity index (χ2v) is 6.79. The van der Waals surface area contributed by atoms with Crippen LogP contribution in [0.5, 0.6) is 0 Å². The van der Waals surface area contributed by atoms with Gasteiger partial charge >= 0.3 is 6.03 Å². The van der Waals surface area contributed by atoms with E-state index in [2.05, 4.69) is 20.9 Å². The molecule has 1 aliphatic rings. The van der Waals surface area contributed by atoms with Crippen molar-refractivity contribution in [2.45, 2.75) is 51.0 Å². The lowest BCUT2D eigenvalue weighted by Crippen LogP contribution is -2.52. The number of ether oxygens (including phenoxy) is 1. The van der Waals surface area contributed by atoms with E-state index in [1.807, 2.05) is 27.9 Å². The van der Waals surface area contributed by atoms with E-state index in [4.69, 9.17) is 4.74 Å². The predicted octanol–water partition coefficient (Wildman–Crippen LogP) is -0.163. The van der Waals surface area contributed by atoms with Gasteiger partial charge in [-0.05, 0) is 40.9 Å². The first-order chi connectivity index (χ1) is 11.8. The molecule has 8 heteroatoms. The number of hydrogen-bond donors (Lipinski definition) is 4. The molecule has 4 N–H and O–H groups in total. The molecular weight excluding hydrogens is 324 g/mol. The van der Waals surface area contributed by atoms with Gasteiger partial charge in [0.05, 0.1) is 25.2 Å². The van der Waals surface area contributed by atoms with Crippen LogP contribution >= 0.6 is 0 Å². The van der Waals surface area contributed by atoms with E-state index in [0.717, 1.165) is 13.0 Å². The average Bonchev–Trinajstić information content (AvgIpc) is 2.52. The molecule has 0 fully saturated rings. The van der Waals surface area contributed by atoms with E-state index < -0.39 is 18.2 Å². The molecule has 0 bridgehead atoms. The van der Waals surface area contributed by atoms with E-state index >= 15 is 0 Å². The van der Waals surface area contributed by atoms with Crippen LogP contribution in [0.15, 0.2) is 12.2 Å². The fourth-order valence-corrected chi connectivity index (χ4v) is 2.47. The van der Waals surface area contributed by atoms with Gasteiger partial charge in [0.2, 0.25) is 5.91 Å². The molecule has 0 unspecified atom stereocenters. The SMILES string of the molecule is CC(C)NC(=O)N[C@H]1C=C[C@H](CC(=O)NCCCN(C)C)O[C@@H]1CO. The van der Waals surface area contributed by atoms with E-state index in [9.17, 15) is 14.7 Å². The lowest BCUT2D eigenvalue weighted by molar-refractivity contribution is -0.125. The third kappa shape index (κ3) is 8.85. The van der Waals surface area contributed by atoms with Crippen LogP contribution in [0.2, 0.25) is 0 Å². The standard InChI is InChI=1S/C17H32N4O4/c1-12(2)19-17(24)20-14-7-6-13(25-15(14)11-22)10-16(23)18-8-5-9-21(3)4/h6-7,12-15,22H,5,8-11H2,1-4H3,(H,18,23)(H2,19,20,24)/t13-,14+,15-/m1/s1. The number of aliphatic hydroxyl groups is 1. The number of aliphatic hydroxyl groups excluding tert-OH is 1. The summed E-state index contributed by atoms with van der Waals surface area (Å²) in [6, 6.07) is -0.725. The molecule has 8 nitrogen and oxygen atoms in total. The quantitative estimate of drug-likeness (QED) is 0.339. The predicted molar refractivity (Wildman–Crippen MR) is 96.3 cm³/mol. The third-order valence-electron chi connectivity index (χ3n) is 3.67. The first-order valence-corrected chi connectivity index (χ1v) is 8.75. The molecule has 0 spiro atoms. The Bertz CT molecular complexity index is 454. The third-order valence-corrected chi connectivity index (χ3v) is 3.67. The minimum Gasteiger partial charge on any atom is -0.394 e. The normalized spacial score (nSPS) is 22.9. The number of amides is 3. The maximum absolute atomic E-state index is 12.0. The summed E-state index contributed by atoms with van der Waals surface area (Å²) >= 11 is 0. The summed E-state index contributed by atoms with van der Waals surface area (Å²) in [5, 5.41) is 17.8. The van der Waals surface area contributed by atoms with Crippen molar-refractivity contribution in [1.82, 2.24) is 20.9 Å². The summed E-state index contributed by atoms with van der Waals surface area (Å²) in [5.74, 6) is -0.0888. The number of carbonyl (C=O) groups excluding carboxylic acids is 2. The maximum atomic E-state index is 12.0. The van der Waals surface area contributed by atoms with Gasteiger partial charge in [-0.1, -0.05) is 12.2 Å². The van der Waals surface area contributed by atoms with Crippen molar-refractivity contribution in [2.75, 3.05) is 33.8 Å². The number of carbonyl (C=O) groups is 2. The van der Waals surface area contributed by atoms with Gasteiger partial charge in [-0.3, -0.25) is 4.79 Å². The second-order valence-electron chi connectivity index (χ2n) is 6.79. The zero-order valence-corrected chi connectivity index (χ0v) is 15.6. The lowest BCUT2D eigenvalue weighted by Gasteiger charge is -2.31. The van der Waals surface area contributed by atoms with Gasteiger partial charge in [-0.25, -0.2) is 4.79 Å². The molecule has 1 rings (SSSR count). The Morgan fingerprint density at radius 1 is 1.28 bits per heavy atom. The van der Waals surface area contributed by atoms with Gasteiger partial charge in [0.1, 0.15) is 6.10 Å². The Morgan fingerprint density at radius 2 is 2.00 bits per heavy atom. The van der Waals surface area contributed by atoms with Crippen molar-refractivity contribution in [3.8, 4) is 0 Å². The summed E-state index contributed by atoms with van der Waals surface area (Å²) in [4.78, 5) is 25.8. The number of hydrogen-bond acceptors (Lipinski definition) is 5. The van der Waals surface area contributed by atoms with E-state index in [1.54, 1.807) is 12.2 Å². The summed E-state index contributed by atoms with van der Waals surface area (Å²) in [6.45, 7) is 5.03.